The van der Waals surface area contributed by atoms with Crippen molar-refractivity contribution in [2.75, 3.05) is 26.5 Å². The summed E-state index contributed by atoms with van der Waals surface area (Å²) in [7, 11) is 0. The number of hydrogen-bond acceptors (Lipinski definition) is 6. The summed E-state index contributed by atoms with van der Waals surface area (Å²) in [4.78, 5) is 40.0. The summed E-state index contributed by atoms with van der Waals surface area (Å²) in [5.74, 6) is 0.0944. The first-order valence-corrected chi connectivity index (χ1v) is 9.96. The molecule has 8 nitrogen and oxygen atoms in total. The number of hydrogen-bond donors (Lipinski definition) is 0. The molecular formula is C21H24N2O6. The van der Waals surface area contributed by atoms with Crippen molar-refractivity contribution >= 4 is 22.8 Å². The Kier molecular flexibility index (Phi) is 5.17. The van der Waals surface area contributed by atoms with Crippen molar-refractivity contribution in [2.45, 2.75) is 33.2 Å². The molecule has 8 heteroatoms. The van der Waals surface area contributed by atoms with Crippen molar-refractivity contribution in [2.24, 2.45) is 5.92 Å². The Hall–Kier alpha value is -3.03. The molecule has 29 heavy (non-hydrogen) atoms. The van der Waals surface area contributed by atoms with Gasteiger partial charge in [-0.2, -0.15) is 0 Å². The molecule has 0 bridgehead atoms. The van der Waals surface area contributed by atoms with E-state index in [0.29, 0.717) is 54.9 Å². The number of esters is 1. The fourth-order valence-corrected chi connectivity index (χ4v) is 3.98. The molecular weight excluding hydrogens is 376 g/mol. The lowest BCUT2D eigenvalue weighted by atomic mass is 9.97. The SMILES string of the molecule is CCOC(=O)C1CCCN(C(=O)c2cn(CC)c3cc4c(cc3c2=O)OCO4)C1. The van der Waals surface area contributed by atoms with Gasteiger partial charge in [0.05, 0.1) is 23.4 Å². The summed E-state index contributed by atoms with van der Waals surface area (Å²) >= 11 is 0. The summed E-state index contributed by atoms with van der Waals surface area (Å²) in [5, 5.41) is 0.418. The lowest BCUT2D eigenvalue weighted by molar-refractivity contribution is -0.149. The molecule has 0 saturated carbocycles. The van der Waals surface area contributed by atoms with Gasteiger partial charge < -0.3 is 23.7 Å². The van der Waals surface area contributed by atoms with Crippen molar-refractivity contribution in [3.05, 3.63) is 34.1 Å². The monoisotopic (exact) mass is 400 g/mol. The van der Waals surface area contributed by atoms with Gasteiger partial charge in [-0.3, -0.25) is 14.4 Å². The zero-order valence-corrected chi connectivity index (χ0v) is 16.6. The maximum atomic E-state index is 13.2. The molecule has 1 saturated heterocycles. The van der Waals surface area contributed by atoms with Crippen LogP contribution in [-0.4, -0.2) is 47.8 Å². The van der Waals surface area contributed by atoms with E-state index in [1.807, 2.05) is 11.5 Å². The minimum Gasteiger partial charge on any atom is -0.466 e. The number of ether oxygens (including phenoxy) is 3. The lowest BCUT2D eigenvalue weighted by Crippen LogP contribution is -2.44. The van der Waals surface area contributed by atoms with Crippen LogP contribution in [0.4, 0.5) is 0 Å². The van der Waals surface area contributed by atoms with E-state index < -0.39 is 0 Å². The molecule has 1 fully saturated rings. The molecule has 0 N–H and O–H groups in total. The topological polar surface area (TPSA) is 87.1 Å². The lowest BCUT2D eigenvalue weighted by Gasteiger charge is -2.31. The number of aryl methyl sites for hydroxylation is 1. The summed E-state index contributed by atoms with van der Waals surface area (Å²) in [5.41, 5.74) is 0.454. The van der Waals surface area contributed by atoms with E-state index >= 15 is 0 Å². The van der Waals surface area contributed by atoms with Crippen LogP contribution in [0.5, 0.6) is 11.5 Å². The second kappa shape index (κ2) is 7.77. The van der Waals surface area contributed by atoms with E-state index in [1.165, 1.54) is 0 Å². The number of benzene rings is 1. The van der Waals surface area contributed by atoms with Crippen molar-refractivity contribution < 1.29 is 23.8 Å². The first-order valence-electron chi connectivity index (χ1n) is 9.96. The smallest absolute Gasteiger partial charge is 0.310 e. The van der Waals surface area contributed by atoms with Crippen molar-refractivity contribution in [3.63, 3.8) is 0 Å². The van der Waals surface area contributed by atoms with Gasteiger partial charge in [-0.15, -0.1) is 0 Å². The van der Waals surface area contributed by atoms with Gasteiger partial charge >= 0.3 is 5.97 Å². The first kappa shape index (κ1) is 19.3. The standard InChI is InChI=1S/C21H24N2O6/c1-3-22-11-15(19(24)14-8-17-18(9-16(14)22)29-12-28-17)20(25)23-7-5-6-13(10-23)21(26)27-4-2/h8-9,11,13H,3-7,10,12H2,1-2H3. The average molecular weight is 400 g/mol. The van der Waals surface area contributed by atoms with Gasteiger partial charge in [-0.25, -0.2) is 0 Å². The maximum Gasteiger partial charge on any atom is 0.310 e. The summed E-state index contributed by atoms with van der Waals surface area (Å²) < 4.78 is 17.8. The van der Waals surface area contributed by atoms with Crippen LogP contribution in [0.3, 0.4) is 0 Å². The highest BCUT2D eigenvalue weighted by molar-refractivity contribution is 5.98. The first-order chi connectivity index (χ1) is 14.0. The zero-order chi connectivity index (χ0) is 20.5. The normalized spacial score (nSPS) is 18.1. The van der Waals surface area contributed by atoms with Gasteiger partial charge in [-0.05, 0) is 32.8 Å². The molecule has 2 aliphatic rings. The predicted molar refractivity (Wildman–Crippen MR) is 105 cm³/mol. The Balaban J connectivity index is 1.71. The highest BCUT2D eigenvalue weighted by atomic mass is 16.7. The number of piperidine rings is 1. The molecule has 1 amide bonds. The Morgan fingerprint density at radius 3 is 2.69 bits per heavy atom. The van der Waals surface area contributed by atoms with E-state index in [9.17, 15) is 14.4 Å². The number of carbonyl (C=O) groups is 2. The molecule has 4 rings (SSSR count). The highest BCUT2D eigenvalue weighted by Gasteiger charge is 2.31. The Bertz CT molecular complexity index is 1030. The molecule has 1 aromatic heterocycles. The predicted octanol–water partition coefficient (Wildman–Crippen LogP) is 2.17. The molecule has 0 spiro atoms. The number of nitrogens with zero attached hydrogens (tertiary/aromatic N) is 2. The third kappa shape index (κ3) is 3.43. The zero-order valence-electron chi connectivity index (χ0n) is 16.6. The number of fused-ring (bicyclic) bond motifs is 2. The average Bonchev–Trinajstić information content (AvgIpc) is 3.20. The van der Waals surface area contributed by atoms with Crippen LogP contribution >= 0.6 is 0 Å². The minimum atomic E-state index is -0.356. The molecule has 2 aliphatic heterocycles. The van der Waals surface area contributed by atoms with Gasteiger partial charge in [0.15, 0.2) is 11.5 Å². The number of rotatable bonds is 4. The fourth-order valence-electron chi connectivity index (χ4n) is 3.98. The summed E-state index contributed by atoms with van der Waals surface area (Å²) in [6.07, 6.45) is 2.98. The molecule has 3 heterocycles. The van der Waals surface area contributed by atoms with Crippen molar-refractivity contribution in [3.8, 4) is 11.5 Å². The quantitative estimate of drug-likeness (QED) is 0.731. The summed E-state index contributed by atoms with van der Waals surface area (Å²) in [6.45, 7) is 5.49. The Morgan fingerprint density at radius 1 is 1.21 bits per heavy atom. The second-order valence-corrected chi connectivity index (χ2v) is 7.22. The fraction of sp³-hybridized carbons (Fsp3) is 0.476. The second-order valence-electron chi connectivity index (χ2n) is 7.22. The number of amides is 1. The third-order valence-electron chi connectivity index (χ3n) is 5.47. The van der Waals surface area contributed by atoms with Gasteiger partial charge in [0.2, 0.25) is 12.2 Å². The van der Waals surface area contributed by atoms with Crippen LogP contribution in [0.15, 0.2) is 23.1 Å². The molecule has 0 aliphatic carbocycles. The largest absolute Gasteiger partial charge is 0.466 e. The molecule has 0 radical (unpaired) electrons. The van der Waals surface area contributed by atoms with E-state index in [2.05, 4.69) is 0 Å². The minimum absolute atomic E-state index is 0.0997. The third-order valence-corrected chi connectivity index (χ3v) is 5.47. The Labute approximate surface area is 167 Å². The van der Waals surface area contributed by atoms with Crippen molar-refractivity contribution in [1.82, 2.24) is 9.47 Å². The highest BCUT2D eigenvalue weighted by Crippen LogP contribution is 2.35. The molecule has 154 valence electrons. The summed E-state index contributed by atoms with van der Waals surface area (Å²) in [6, 6.07) is 3.41. The van der Waals surface area contributed by atoms with Crippen LogP contribution < -0.4 is 14.9 Å². The van der Waals surface area contributed by atoms with Crippen LogP contribution in [-0.2, 0) is 16.1 Å². The van der Waals surface area contributed by atoms with E-state index in [4.69, 9.17) is 14.2 Å². The van der Waals surface area contributed by atoms with Crippen LogP contribution in [0.2, 0.25) is 0 Å². The Morgan fingerprint density at radius 2 is 1.97 bits per heavy atom. The van der Waals surface area contributed by atoms with E-state index in [-0.39, 0.29) is 42.1 Å². The van der Waals surface area contributed by atoms with Crippen LogP contribution in [0.25, 0.3) is 10.9 Å². The molecule has 1 aromatic carbocycles. The van der Waals surface area contributed by atoms with Crippen LogP contribution in [0, 0.1) is 5.92 Å². The number of carbonyl (C=O) groups excluding carboxylic acids is 2. The number of pyridine rings is 1. The van der Waals surface area contributed by atoms with E-state index in [1.54, 1.807) is 30.2 Å². The molecule has 1 unspecified atom stereocenters. The van der Waals surface area contributed by atoms with Gasteiger partial charge in [0.25, 0.3) is 5.91 Å². The number of aromatic nitrogens is 1. The van der Waals surface area contributed by atoms with Crippen molar-refractivity contribution in [1.29, 1.82) is 0 Å². The van der Waals surface area contributed by atoms with Gasteiger partial charge in [0.1, 0.15) is 5.56 Å². The van der Waals surface area contributed by atoms with Gasteiger partial charge in [-0.1, -0.05) is 0 Å². The number of likely N-dealkylation sites (tertiary alicyclic amines) is 1. The molecule has 2 aromatic rings. The maximum absolute atomic E-state index is 13.2. The molecule has 1 atom stereocenters. The van der Waals surface area contributed by atoms with Crippen LogP contribution in [0.1, 0.15) is 37.0 Å². The van der Waals surface area contributed by atoms with E-state index in [0.717, 1.165) is 0 Å². The van der Waals surface area contributed by atoms with Gasteiger partial charge in [0, 0.05) is 31.9 Å².